The van der Waals surface area contributed by atoms with Crippen LogP contribution in [0.4, 0.5) is 45.5 Å². The number of carbonyl (C=O) groups excluding carboxylic acids is 8. The Hall–Kier alpha value is -18.4. The number of carboxylic acids is 8. The molecule has 0 aromatic heterocycles. The molecule has 0 radical (unpaired) electrons. The van der Waals surface area contributed by atoms with E-state index in [2.05, 4.69) is 42.5 Å². The van der Waals surface area contributed by atoms with Gasteiger partial charge >= 0.3 is 47.8 Å². The molecule has 8 amide bonds. The van der Waals surface area contributed by atoms with Gasteiger partial charge in [0.2, 0.25) is 47.3 Å². The predicted octanol–water partition coefficient (Wildman–Crippen LogP) is 13.0. The SMILES string of the molecule is O=C(O)/C=C/C(=O)Nc1ccccc1-c1cc(C(c2ccc(-c3ccc(C(c4ccc(NC(=O)/C=C/C(=O)O)c(-c5ccccc5NC(=O)/C=C/C(=O)O)c4)c4ccc(NC(=O)/C=C/C(=O)O)c(-c5ccccc5NC(=O)/C=C/C(=O)O)c4)cc3)cc2)c2ccc(NC(=O)/C=C/C(=O)O)c(-c3ccccc3NC(=O)/C=C/C(=O)O)c2)ccc1NC(=O)/C=C/C(=O)O. The Bertz CT molecular complexity index is 5620. The van der Waals surface area contributed by atoms with Crippen LogP contribution in [0.5, 0.6) is 0 Å². The molecule has 0 bridgehead atoms. The molecule has 0 aliphatic carbocycles. The molecule has 126 heavy (non-hydrogen) atoms. The summed E-state index contributed by atoms with van der Waals surface area (Å²) < 4.78 is 0. The quantitative estimate of drug-likeness (QED) is 0.0130. The van der Waals surface area contributed by atoms with E-state index in [1.54, 1.807) is 170 Å². The Morgan fingerprint density at radius 2 is 0.325 bits per heavy atom. The van der Waals surface area contributed by atoms with Gasteiger partial charge in [-0.2, -0.15) is 0 Å². The second kappa shape index (κ2) is 42.3. The molecule has 16 N–H and O–H groups in total. The smallest absolute Gasteiger partial charge is 0.328 e. The van der Waals surface area contributed by atoms with Crippen molar-refractivity contribution in [2.45, 2.75) is 11.8 Å². The number of para-hydroxylation sites is 4. The Labute approximate surface area is 713 Å². The fourth-order valence-corrected chi connectivity index (χ4v) is 13.1. The molecule has 0 unspecified atom stereocenters. The first-order valence-corrected chi connectivity index (χ1v) is 37.2. The number of amides is 8. The lowest BCUT2D eigenvalue weighted by Crippen LogP contribution is -2.13. The first-order valence-electron chi connectivity index (χ1n) is 37.2. The van der Waals surface area contributed by atoms with Crippen LogP contribution in [0, 0.1) is 0 Å². The molecule has 32 nitrogen and oxygen atoms in total. The van der Waals surface area contributed by atoms with E-state index in [0.29, 0.717) is 93.1 Å². The molecule has 10 rings (SSSR count). The molecule has 0 aliphatic rings. The van der Waals surface area contributed by atoms with Crippen molar-refractivity contribution in [2.24, 2.45) is 0 Å². The van der Waals surface area contributed by atoms with Gasteiger partial charge in [0.15, 0.2) is 0 Å². The maximum Gasteiger partial charge on any atom is 0.328 e. The van der Waals surface area contributed by atoms with Gasteiger partial charge in [0.05, 0.1) is 0 Å². The van der Waals surface area contributed by atoms with Gasteiger partial charge in [0.25, 0.3) is 0 Å². The van der Waals surface area contributed by atoms with Gasteiger partial charge in [-0.15, -0.1) is 0 Å². The van der Waals surface area contributed by atoms with Gasteiger partial charge in [0, 0.05) is 199 Å². The molecule has 630 valence electrons. The van der Waals surface area contributed by atoms with Crippen molar-refractivity contribution >= 4 is 141 Å². The minimum absolute atomic E-state index is 0.0677. The molecule has 0 atom stereocenters. The Balaban J connectivity index is 1.20. The van der Waals surface area contributed by atoms with Crippen LogP contribution in [-0.2, 0) is 76.7 Å². The van der Waals surface area contributed by atoms with Gasteiger partial charge in [0.1, 0.15) is 0 Å². The molecular weight excluding hydrogens is 1630 g/mol. The zero-order chi connectivity index (χ0) is 90.7. The van der Waals surface area contributed by atoms with E-state index in [-0.39, 0.29) is 90.0 Å². The van der Waals surface area contributed by atoms with E-state index in [4.69, 9.17) is 0 Å². The number of benzene rings is 10. The predicted molar refractivity (Wildman–Crippen MR) is 465 cm³/mol. The number of hydrogen-bond donors (Lipinski definition) is 16. The molecule has 0 saturated carbocycles. The van der Waals surface area contributed by atoms with Crippen LogP contribution in [0.3, 0.4) is 0 Å². The lowest BCUT2D eigenvalue weighted by molar-refractivity contribution is -0.132. The zero-order valence-corrected chi connectivity index (χ0v) is 65.3. The number of rotatable bonds is 35. The largest absolute Gasteiger partial charge is 0.478 e. The number of carboxylic acid groups (broad SMARTS) is 8. The van der Waals surface area contributed by atoms with Crippen LogP contribution in [0.25, 0.3) is 55.6 Å². The topological polar surface area (TPSA) is 531 Å². The van der Waals surface area contributed by atoms with Crippen LogP contribution in [0.1, 0.15) is 45.2 Å². The molecule has 10 aromatic rings. The average Bonchev–Trinajstić information content (AvgIpc) is 0.768. The van der Waals surface area contributed by atoms with Gasteiger partial charge in [-0.25, -0.2) is 38.4 Å². The fraction of sp³-hybridized carbons (Fsp3) is 0.0213. The third-order valence-corrected chi connectivity index (χ3v) is 18.3. The van der Waals surface area contributed by atoms with Gasteiger partial charge in [-0.3, -0.25) is 38.4 Å². The van der Waals surface area contributed by atoms with Crippen molar-refractivity contribution in [2.75, 3.05) is 42.5 Å². The molecule has 0 aliphatic heterocycles. The summed E-state index contributed by atoms with van der Waals surface area (Å²) >= 11 is 0. The van der Waals surface area contributed by atoms with Crippen molar-refractivity contribution in [1.29, 1.82) is 0 Å². The zero-order valence-electron chi connectivity index (χ0n) is 65.3. The van der Waals surface area contributed by atoms with Crippen LogP contribution in [-0.4, -0.2) is 136 Å². The number of aliphatic carboxylic acids is 8. The third-order valence-electron chi connectivity index (χ3n) is 18.3. The van der Waals surface area contributed by atoms with Crippen LogP contribution in [0.2, 0.25) is 0 Å². The summed E-state index contributed by atoms with van der Waals surface area (Å²) in [5.74, 6) is -20.5. The van der Waals surface area contributed by atoms with Crippen LogP contribution in [0.15, 0.2) is 316 Å². The molecule has 0 fully saturated rings. The van der Waals surface area contributed by atoms with E-state index in [1.165, 1.54) is 48.5 Å². The second-order valence-electron chi connectivity index (χ2n) is 26.8. The maximum atomic E-state index is 13.6. The minimum atomic E-state index is -1.45. The summed E-state index contributed by atoms with van der Waals surface area (Å²) in [6.07, 6.45) is 11.1. The van der Waals surface area contributed by atoms with Crippen molar-refractivity contribution in [1.82, 2.24) is 0 Å². The van der Waals surface area contributed by atoms with E-state index >= 15 is 0 Å². The van der Waals surface area contributed by atoms with Crippen molar-refractivity contribution in [3.05, 3.63) is 349 Å². The Morgan fingerprint density at radius 3 is 0.492 bits per heavy atom. The monoisotopic (exact) mass is 1690 g/mol. The van der Waals surface area contributed by atoms with Crippen molar-refractivity contribution < 1.29 is 118 Å². The van der Waals surface area contributed by atoms with E-state index in [9.17, 15) is 118 Å². The lowest BCUT2D eigenvalue weighted by Gasteiger charge is -2.24. The highest BCUT2D eigenvalue weighted by Crippen LogP contribution is 2.46. The van der Waals surface area contributed by atoms with Crippen LogP contribution < -0.4 is 42.5 Å². The summed E-state index contributed by atoms with van der Waals surface area (Å²) in [6.45, 7) is 0. The highest BCUT2D eigenvalue weighted by atomic mass is 16.4. The van der Waals surface area contributed by atoms with Gasteiger partial charge in [-0.1, -0.05) is 146 Å². The molecule has 10 aromatic carbocycles. The highest BCUT2D eigenvalue weighted by molar-refractivity contribution is 6.13. The summed E-state index contributed by atoms with van der Waals surface area (Å²) in [5, 5.41) is 97.1. The Morgan fingerprint density at radius 1 is 0.175 bits per heavy atom. The van der Waals surface area contributed by atoms with E-state index in [0.717, 1.165) is 48.6 Å². The molecule has 32 heteroatoms. The summed E-state index contributed by atoms with van der Waals surface area (Å²) in [7, 11) is 0. The molecular formula is C94H70N8O24. The van der Waals surface area contributed by atoms with E-state index < -0.39 is 107 Å². The maximum absolute atomic E-state index is 13.6. The van der Waals surface area contributed by atoms with Gasteiger partial charge < -0.3 is 83.4 Å². The molecule has 0 spiro atoms. The normalized spacial score (nSPS) is 11.3. The highest BCUT2D eigenvalue weighted by Gasteiger charge is 2.28. The average molecular weight is 1700 g/mol. The van der Waals surface area contributed by atoms with E-state index in [1.807, 2.05) is 0 Å². The lowest BCUT2D eigenvalue weighted by atomic mass is 9.81. The number of anilines is 8. The number of nitrogens with one attached hydrogen (secondary N) is 8. The Kier molecular flexibility index (Phi) is 30.2. The second-order valence-corrected chi connectivity index (χ2v) is 26.8. The first-order chi connectivity index (χ1) is 60.3. The standard InChI is InChI=1S/C94H70N8O24/c103-77(33-41-85(111)112)95-69-13-5-1-9-61(69)65-49-57(25-29-73(65)99-81(107)37-45-89(119)120)93(58-26-30-74(100-82(108)38-46-90(121)122)66(50-58)62-10-2-6-14-70(62)96-78(104)34-42-86(113)114)55-21-17-53(18-22-55)54-19-23-56(24-20-54)94(59-27-31-75(101-83(109)39-47-91(123)124)67(51-59)63-11-3-7-15-71(63)97-79(105)35-43-87(115)116)60-28-32-76(102-84(110)40-48-92(125)126)68(52-60)64-12-4-8-16-72(64)98-80(106)36-44-88(117)118/h1-52,93-94H,(H,95,103)(H,96,104)(H,97,105)(H,98,106)(H,99,107)(H,100,108)(H,101,109)(H,102,110)(H,111,112)(H,113,114)(H,115,116)(H,117,118)(H,119,120)(H,121,122)(H,123,124)(H,125,126)/b41-33+,42-34+,43-35+,44-36+,45-37+,46-38+,47-39+,48-40+. The summed E-state index contributed by atoms with van der Waals surface area (Å²) in [4.78, 5) is 201. The van der Waals surface area contributed by atoms with Crippen LogP contribution >= 0.6 is 0 Å². The van der Waals surface area contributed by atoms with Gasteiger partial charge in [-0.05, 0) is 117 Å². The molecule has 0 heterocycles. The number of hydrogen-bond acceptors (Lipinski definition) is 16. The minimum Gasteiger partial charge on any atom is -0.478 e. The summed E-state index contributed by atoms with van der Waals surface area (Å²) in [5.41, 5.74) is 6.38. The van der Waals surface area contributed by atoms with Crippen molar-refractivity contribution in [3.8, 4) is 55.6 Å². The molecule has 0 saturated heterocycles. The fourth-order valence-electron chi connectivity index (χ4n) is 13.1. The summed E-state index contributed by atoms with van der Waals surface area (Å²) in [6, 6.07) is 58.5. The van der Waals surface area contributed by atoms with Crippen molar-refractivity contribution in [3.63, 3.8) is 0 Å². The third kappa shape index (κ3) is 25.3. The first kappa shape index (κ1) is 90.0. The number of carbonyl (C=O) groups is 16.